The number of esters is 1. The Bertz CT molecular complexity index is 546. The third-order valence-electron chi connectivity index (χ3n) is 2.33. The lowest BCUT2D eigenvalue weighted by atomic mass is 10.2. The molecule has 0 aromatic heterocycles. The average Bonchev–Trinajstić information content (AvgIpc) is 2.89. The monoisotopic (exact) mass is 261 g/mol. The molecule has 0 unspecified atom stereocenters. The molecule has 0 fully saturated rings. The summed E-state index contributed by atoms with van der Waals surface area (Å²) in [5.74, 6) is 2.23. The van der Waals surface area contributed by atoms with Gasteiger partial charge >= 0.3 is 5.97 Å². The first-order chi connectivity index (χ1) is 9.20. The Hall–Kier alpha value is -2.68. The lowest BCUT2D eigenvalue weighted by Crippen LogP contribution is -2.28. The highest BCUT2D eigenvalue weighted by Gasteiger charge is 2.17. The molecule has 0 spiro atoms. The van der Waals surface area contributed by atoms with Crippen LogP contribution in [0.15, 0.2) is 18.2 Å². The molecule has 0 radical (unpaired) electrons. The van der Waals surface area contributed by atoms with Crippen LogP contribution in [0.1, 0.15) is 10.4 Å². The fraction of sp³-hybridized carbons (Fsp3) is 0.231. The number of hydrogen-bond donors (Lipinski definition) is 1. The van der Waals surface area contributed by atoms with E-state index in [9.17, 15) is 9.59 Å². The Balaban J connectivity index is 1.90. The zero-order chi connectivity index (χ0) is 13.7. The molecule has 19 heavy (non-hydrogen) atoms. The summed E-state index contributed by atoms with van der Waals surface area (Å²) in [4.78, 5) is 22.9. The molecule has 1 aliphatic rings. The van der Waals surface area contributed by atoms with E-state index in [1.807, 2.05) is 0 Å². The number of rotatable bonds is 4. The normalized spacial score (nSPS) is 11.5. The van der Waals surface area contributed by atoms with Crippen LogP contribution in [0.4, 0.5) is 0 Å². The number of fused-ring (bicyclic) bond motifs is 1. The van der Waals surface area contributed by atoms with E-state index in [4.69, 9.17) is 20.6 Å². The Morgan fingerprint density at radius 1 is 1.37 bits per heavy atom. The van der Waals surface area contributed by atoms with Crippen molar-refractivity contribution < 1.29 is 23.8 Å². The zero-order valence-corrected chi connectivity index (χ0v) is 9.97. The van der Waals surface area contributed by atoms with E-state index in [1.54, 1.807) is 6.07 Å². The van der Waals surface area contributed by atoms with Crippen molar-refractivity contribution >= 4 is 11.9 Å². The summed E-state index contributed by atoms with van der Waals surface area (Å²) in [6.45, 7) is -0.155. The largest absolute Gasteiger partial charge is 0.454 e. The number of carbonyl (C=O) groups is 2. The summed E-state index contributed by atoms with van der Waals surface area (Å²) in [5.41, 5.74) is 0.286. The average molecular weight is 261 g/mol. The van der Waals surface area contributed by atoms with Crippen molar-refractivity contribution in [3.05, 3.63) is 23.8 Å². The number of hydrogen-bond acceptors (Lipinski definition) is 5. The summed E-state index contributed by atoms with van der Waals surface area (Å²) < 4.78 is 15.1. The summed E-state index contributed by atoms with van der Waals surface area (Å²) in [5, 5.41) is 2.38. The summed E-state index contributed by atoms with van der Waals surface area (Å²) in [7, 11) is 0. The van der Waals surface area contributed by atoms with Crippen LogP contribution in [0, 0.1) is 12.3 Å². The molecule has 0 atom stereocenters. The van der Waals surface area contributed by atoms with Gasteiger partial charge in [-0.1, -0.05) is 5.92 Å². The maximum atomic E-state index is 11.7. The van der Waals surface area contributed by atoms with Gasteiger partial charge in [-0.15, -0.1) is 6.42 Å². The summed E-state index contributed by atoms with van der Waals surface area (Å²) in [6, 6.07) is 4.65. The van der Waals surface area contributed by atoms with Crippen LogP contribution in [-0.4, -0.2) is 31.8 Å². The van der Waals surface area contributed by atoms with E-state index in [-0.39, 0.29) is 25.5 Å². The van der Waals surface area contributed by atoms with E-state index in [0.29, 0.717) is 11.5 Å². The first kappa shape index (κ1) is 12.8. The molecule has 1 N–H and O–H groups in total. The number of ether oxygens (including phenoxy) is 3. The Morgan fingerprint density at radius 2 is 2.16 bits per heavy atom. The van der Waals surface area contributed by atoms with Crippen molar-refractivity contribution in [3.8, 4) is 23.8 Å². The van der Waals surface area contributed by atoms with Crippen LogP contribution in [0.5, 0.6) is 11.5 Å². The second-order valence-electron chi connectivity index (χ2n) is 3.63. The Labute approximate surface area is 109 Å². The maximum absolute atomic E-state index is 11.7. The molecule has 98 valence electrons. The molecule has 6 heteroatoms. The van der Waals surface area contributed by atoms with Crippen LogP contribution < -0.4 is 14.8 Å². The molecular weight excluding hydrogens is 250 g/mol. The molecule has 1 aliphatic heterocycles. The predicted molar refractivity (Wildman–Crippen MR) is 64.7 cm³/mol. The second-order valence-corrected chi connectivity index (χ2v) is 3.63. The third-order valence-corrected chi connectivity index (χ3v) is 2.33. The van der Waals surface area contributed by atoms with E-state index in [1.165, 1.54) is 12.1 Å². The molecule has 0 aliphatic carbocycles. The van der Waals surface area contributed by atoms with Crippen molar-refractivity contribution in [1.29, 1.82) is 0 Å². The number of benzene rings is 1. The minimum Gasteiger partial charge on any atom is -0.454 e. The van der Waals surface area contributed by atoms with Gasteiger partial charge in [0.2, 0.25) is 6.79 Å². The molecule has 6 nitrogen and oxygen atoms in total. The smallest absolute Gasteiger partial charge is 0.338 e. The van der Waals surface area contributed by atoms with Crippen LogP contribution >= 0.6 is 0 Å². The number of nitrogens with one attached hydrogen (secondary N) is 1. The molecule has 2 rings (SSSR count). The summed E-state index contributed by atoms with van der Waals surface area (Å²) >= 11 is 0. The lowest BCUT2D eigenvalue weighted by molar-refractivity contribution is -0.123. The van der Waals surface area contributed by atoms with Gasteiger partial charge < -0.3 is 19.5 Å². The Kier molecular flexibility index (Phi) is 3.88. The van der Waals surface area contributed by atoms with Gasteiger partial charge in [0.1, 0.15) is 0 Å². The second kappa shape index (κ2) is 5.78. The van der Waals surface area contributed by atoms with Gasteiger partial charge in [0.15, 0.2) is 18.1 Å². The zero-order valence-electron chi connectivity index (χ0n) is 9.97. The van der Waals surface area contributed by atoms with Crippen LogP contribution in [-0.2, 0) is 9.53 Å². The van der Waals surface area contributed by atoms with E-state index in [2.05, 4.69) is 11.2 Å². The number of terminal acetylenes is 1. The van der Waals surface area contributed by atoms with Crippen LogP contribution in [0.25, 0.3) is 0 Å². The first-order valence-corrected chi connectivity index (χ1v) is 5.47. The predicted octanol–water partition coefficient (Wildman–Crippen LogP) is 0.321. The fourth-order valence-electron chi connectivity index (χ4n) is 1.44. The highest BCUT2D eigenvalue weighted by molar-refractivity contribution is 5.92. The molecule has 1 aromatic carbocycles. The van der Waals surface area contributed by atoms with Crippen molar-refractivity contribution in [1.82, 2.24) is 5.32 Å². The molecule has 0 saturated carbocycles. The molecule has 1 amide bonds. The highest BCUT2D eigenvalue weighted by Crippen LogP contribution is 2.32. The lowest BCUT2D eigenvalue weighted by Gasteiger charge is -2.05. The fourth-order valence-corrected chi connectivity index (χ4v) is 1.44. The molecular formula is C13H11NO5. The molecule has 1 heterocycles. The summed E-state index contributed by atoms with van der Waals surface area (Å²) in [6.07, 6.45) is 4.98. The van der Waals surface area contributed by atoms with Crippen LogP contribution in [0.2, 0.25) is 0 Å². The SMILES string of the molecule is C#CCNC(=O)COC(=O)c1ccc2c(c1)OCO2. The number of amides is 1. The van der Waals surface area contributed by atoms with Gasteiger partial charge in [-0.05, 0) is 18.2 Å². The van der Waals surface area contributed by atoms with Crippen molar-refractivity contribution in [2.24, 2.45) is 0 Å². The van der Waals surface area contributed by atoms with E-state index in [0.717, 1.165) is 0 Å². The first-order valence-electron chi connectivity index (χ1n) is 5.47. The Morgan fingerprint density at radius 3 is 2.95 bits per heavy atom. The van der Waals surface area contributed by atoms with Gasteiger partial charge in [0.05, 0.1) is 12.1 Å². The van der Waals surface area contributed by atoms with Crippen LogP contribution in [0.3, 0.4) is 0 Å². The third kappa shape index (κ3) is 3.16. The van der Waals surface area contributed by atoms with Crippen molar-refractivity contribution in [2.45, 2.75) is 0 Å². The number of carbonyl (C=O) groups excluding carboxylic acids is 2. The van der Waals surface area contributed by atoms with Gasteiger partial charge in [0, 0.05) is 0 Å². The van der Waals surface area contributed by atoms with Gasteiger partial charge in [-0.25, -0.2) is 4.79 Å². The highest BCUT2D eigenvalue weighted by atomic mass is 16.7. The van der Waals surface area contributed by atoms with Crippen molar-refractivity contribution in [2.75, 3.05) is 19.9 Å². The van der Waals surface area contributed by atoms with Gasteiger partial charge in [-0.2, -0.15) is 0 Å². The molecule has 1 aromatic rings. The molecule has 0 bridgehead atoms. The maximum Gasteiger partial charge on any atom is 0.338 e. The minimum absolute atomic E-state index is 0.0976. The van der Waals surface area contributed by atoms with Gasteiger partial charge in [-0.3, -0.25) is 4.79 Å². The standard InChI is InChI=1S/C13H11NO5/c1-2-5-14-12(15)7-17-13(16)9-3-4-10-11(6-9)19-8-18-10/h1,3-4,6H,5,7-8H2,(H,14,15). The van der Waals surface area contributed by atoms with E-state index >= 15 is 0 Å². The van der Waals surface area contributed by atoms with E-state index < -0.39 is 11.9 Å². The topological polar surface area (TPSA) is 73.9 Å². The van der Waals surface area contributed by atoms with Gasteiger partial charge in [0.25, 0.3) is 5.91 Å². The minimum atomic E-state index is -0.617. The quantitative estimate of drug-likeness (QED) is 0.624. The van der Waals surface area contributed by atoms with Crippen molar-refractivity contribution in [3.63, 3.8) is 0 Å². The molecule has 0 saturated heterocycles.